The standard InChI is InChI=1S/C21H28N8O/c1-20(2)11-15(12-21(3,4)27-20)28(5)19-22-13-17(25-26-19)16-7-6-14(10-18(16)30)29-23-8-9-24-29/h6-10,13,15,27,30H,11-12H2,1-5H3. The molecule has 2 N–H and O–H groups in total. The summed E-state index contributed by atoms with van der Waals surface area (Å²) >= 11 is 0. The highest BCUT2D eigenvalue weighted by Crippen LogP contribution is 2.33. The summed E-state index contributed by atoms with van der Waals surface area (Å²) in [6.07, 6.45) is 6.79. The minimum atomic E-state index is 0.0328. The summed E-state index contributed by atoms with van der Waals surface area (Å²) in [5.74, 6) is 0.651. The largest absolute Gasteiger partial charge is 0.507 e. The van der Waals surface area contributed by atoms with Gasteiger partial charge in [0.25, 0.3) is 0 Å². The highest BCUT2D eigenvalue weighted by Gasteiger charge is 2.39. The zero-order valence-electron chi connectivity index (χ0n) is 18.0. The Morgan fingerprint density at radius 3 is 2.30 bits per heavy atom. The van der Waals surface area contributed by atoms with E-state index in [0.717, 1.165) is 12.8 Å². The Kier molecular flexibility index (Phi) is 4.93. The van der Waals surface area contributed by atoms with Gasteiger partial charge in [-0.3, -0.25) is 0 Å². The molecule has 2 aromatic heterocycles. The van der Waals surface area contributed by atoms with E-state index >= 15 is 0 Å². The molecule has 1 aliphatic rings. The third kappa shape index (κ3) is 4.11. The van der Waals surface area contributed by atoms with Gasteiger partial charge >= 0.3 is 0 Å². The normalized spacial score (nSPS) is 18.3. The average Bonchev–Trinajstić information content (AvgIpc) is 3.20. The molecule has 0 bridgehead atoms. The maximum absolute atomic E-state index is 10.5. The van der Waals surface area contributed by atoms with E-state index in [1.807, 2.05) is 13.1 Å². The smallest absolute Gasteiger partial charge is 0.245 e. The number of aromatic nitrogens is 6. The van der Waals surface area contributed by atoms with E-state index < -0.39 is 0 Å². The third-order valence-electron chi connectivity index (χ3n) is 5.49. The molecule has 0 spiro atoms. The van der Waals surface area contributed by atoms with Gasteiger partial charge in [0, 0.05) is 35.8 Å². The van der Waals surface area contributed by atoms with Crippen LogP contribution in [0.25, 0.3) is 16.9 Å². The lowest BCUT2D eigenvalue weighted by Crippen LogP contribution is -2.62. The Hall–Kier alpha value is -3.07. The fraction of sp³-hybridized carbons (Fsp3) is 0.476. The van der Waals surface area contributed by atoms with Crippen molar-refractivity contribution >= 4 is 5.95 Å². The summed E-state index contributed by atoms with van der Waals surface area (Å²) in [7, 11) is 2.02. The first-order valence-corrected chi connectivity index (χ1v) is 10.1. The fourth-order valence-electron chi connectivity index (χ4n) is 4.47. The molecule has 0 saturated carbocycles. The monoisotopic (exact) mass is 408 g/mol. The van der Waals surface area contributed by atoms with Gasteiger partial charge in [0.15, 0.2) is 0 Å². The summed E-state index contributed by atoms with van der Waals surface area (Å²) in [4.78, 5) is 8.07. The van der Waals surface area contributed by atoms with Crippen molar-refractivity contribution in [1.29, 1.82) is 0 Å². The summed E-state index contributed by atoms with van der Waals surface area (Å²) < 4.78 is 0. The van der Waals surface area contributed by atoms with Crippen LogP contribution in [0, 0.1) is 0 Å². The molecule has 30 heavy (non-hydrogen) atoms. The Balaban J connectivity index is 1.54. The predicted molar refractivity (Wildman–Crippen MR) is 115 cm³/mol. The molecule has 4 rings (SSSR count). The van der Waals surface area contributed by atoms with Crippen LogP contribution in [0.3, 0.4) is 0 Å². The first kappa shape index (κ1) is 20.2. The predicted octanol–water partition coefficient (Wildman–Crippen LogP) is 2.57. The molecule has 0 amide bonds. The molecule has 1 aliphatic heterocycles. The lowest BCUT2D eigenvalue weighted by molar-refractivity contribution is 0.160. The molecule has 1 aromatic carbocycles. The van der Waals surface area contributed by atoms with E-state index in [1.165, 1.54) is 4.80 Å². The Morgan fingerprint density at radius 1 is 1.07 bits per heavy atom. The maximum Gasteiger partial charge on any atom is 0.245 e. The fourth-order valence-corrected chi connectivity index (χ4v) is 4.47. The number of nitrogens with one attached hydrogen (secondary N) is 1. The second kappa shape index (κ2) is 7.32. The van der Waals surface area contributed by atoms with E-state index in [-0.39, 0.29) is 16.8 Å². The molecule has 3 heterocycles. The van der Waals surface area contributed by atoms with Gasteiger partial charge in [-0.1, -0.05) is 0 Å². The maximum atomic E-state index is 10.5. The lowest BCUT2D eigenvalue weighted by atomic mass is 9.79. The van der Waals surface area contributed by atoms with Crippen LogP contribution < -0.4 is 10.2 Å². The van der Waals surface area contributed by atoms with E-state index in [1.54, 1.807) is 30.7 Å². The number of nitrogens with zero attached hydrogens (tertiary/aromatic N) is 7. The quantitative estimate of drug-likeness (QED) is 0.679. The van der Waals surface area contributed by atoms with Crippen LogP contribution in [0.1, 0.15) is 40.5 Å². The molecule has 0 radical (unpaired) electrons. The van der Waals surface area contributed by atoms with Gasteiger partial charge in [0.05, 0.1) is 24.3 Å². The van der Waals surface area contributed by atoms with Crippen molar-refractivity contribution in [3.8, 4) is 22.7 Å². The second-order valence-corrected chi connectivity index (χ2v) is 9.23. The Bertz CT molecular complexity index is 998. The summed E-state index contributed by atoms with van der Waals surface area (Å²) in [6, 6.07) is 5.48. The van der Waals surface area contributed by atoms with Crippen molar-refractivity contribution in [2.75, 3.05) is 11.9 Å². The van der Waals surface area contributed by atoms with Crippen LogP contribution in [-0.4, -0.2) is 59.4 Å². The Labute approximate surface area is 176 Å². The van der Waals surface area contributed by atoms with Crippen molar-refractivity contribution in [1.82, 2.24) is 35.5 Å². The average molecular weight is 409 g/mol. The molecule has 0 unspecified atom stereocenters. The van der Waals surface area contributed by atoms with E-state index in [2.05, 4.69) is 63.3 Å². The van der Waals surface area contributed by atoms with Gasteiger partial charge in [-0.2, -0.15) is 15.0 Å². The molecule has 0 aliphatic carbocycles. The molecule has 158 valence electrons. The molecule has 9 heteroatoms. The SMILES string of the molecule is CN(c1ncc(-c2ccc(-n3nccn3)cc2O)nn1)C1CC(C)(C)NC(C)(C)C1. The van der Waals surface area contributed by atoms with Crippen LogP contribution in [0.5, 0.6) is 5.75 Å². The number of phenols is 1. The van der Waals surface area contributed by atoms with Crippen LogP contribution in [0.4, 0.5) is 5.95 Å². The van der Waals surface area contributed by atoms with Gasteiger partial charge in [-0.25, -0.2) is 4.98 Å². The van der Waals surface area contributed by atoms with Crippen molar-refractivity contribution in [2.45, 2.75) is 57.7 Å². The van der Waals surface area contributed by atoms with E-state index in [4.69, 9.17) is 0 Å². The summed E-state index contributed by atoms with van der Waals surface area (Å²) in [5, 5.41) is 31.0. The van der Waals surface area contributed by atoms with Crippen molar-refractivity contribution in [2.24, 2.45) is 0 Å². The van der Waals surface area contributed by atoms with Crippen LogP contribution in [0.2, 0.25) is 0 Å². The van der Waals surface area contributed by atoms with Crippen LogP contribution in [0.15, 0.2) is 36.8 Å². The minimum Gasteiger partial charge on any atom is -0.507 e. The third-order valence-corrected chi connectivity index (χ3v) is 5.49. The zero-order chi connectivity index (χ0) is 21.5. The number of hydrogen-bond donors (Lipinski definition) is 2. The van der Waals surface area contributed by atoms with Crippen LogP contribution in [-0.2, 0) is 0 Å². The summed E-state index contributed by atoms with van der Waals surface area (Å²) in [5.41, 5.74) is 1.80. The highest BCUT2D eigenvalue weighted by atomic mass is 16.3. The van der Waals surface area contributed by atoms with Crippen LogP contribution >= 0.6 is 0 Å². The van der Waals surface area contributed by atoms with Crippen molar-refractivity contribution < 1.29 is 5.11 Å². The van der Waals surface area contributed by atoms with Gasteiger partial charge in [0.1, 0.15) is 11.4 Å². The number of benzene rings is 1. The molecular weight excluding hydrogens is 380 g/mol. The number of piperidine rings is 1. The molecule has 3 aromatic rings. The zero-order valence-corrected chi connectivity index (χ0v) is 18.0. The van der Waals surface area contributed by atoms with Gasteiger partial charge < -0.3 is 15.3 Å². The Morgan fingerprint density at radius 2 is 1.73 bits per heavy atom. The van der Waals surface area contributed by atoms with Crippen molar-refractivity contribution in [3.63, 3.8) is 0 Å². The number of aromatic hydroxyl groups is 1. The molecule has 9 nitrogen and oxygen atoms in total. The lowest BCUT2D eigenvalue weighted by Gasteiger charge is -2.48. The number of anilines is 1. The number of hydrogen-bond acceptors (Lipinski definition) is 8. The first-order valence-electron chi connectivity index (χ1n) is 10.1. The molecule has 0 atom stereocenters. The van der Waals surface area contributed by atoms with Gasteiger partial charge in [0.2, 0.25) is 5.95 Å². The van der Waals surface area contributed by atoms with E-state index in [0.29, 0.717) is 28.9 Å². The first-order chi connectivity index (χ1) is 14.1. The second-order valence-electron chi connectivity index (χ2n) is 9.23. The molecule has 1 fully saturated rings. The van der Waals surface area contributed by atoms with E-state index in [9.17, 15) is 5.11 Å². The molecule has 1 saturated heterocycles. The number of rotatable bonds is 4. The van der Waals surface area contributed by atoms with Gasteiger partial charge in [-0.15, -0.1) is 10.2 Å². The molecular formula is C21H28N8O. The summed E-state index contributed by atoms with van der Waals surface area (Å²) in [6.45, 7) is 8.90. The highest BCUT2D eigenvalue weighted by molar-refractivity contribution is 5.67. The number of phenolic OH excluding ortho intramolecular Hbond substituents is 1. The topological polar surface area (TPSA) is 105 Å². The van der Waals surface area contributed by atoms with Gasteiger partial charge in [-0.05, 0) is 52.7 Å². The minimum absolute atomic E-state index is 0.0328. The van der Waals surface area contributed by atoms with Crippen molar-refractivity contribution in [3.05, 3.63) is 36.8 Å².